The molecule has 13 heavy (non-hydrogen) atoms. The molecule has 2 bridgehead atoms. The molecule has 0 heterocycles. The van der Waals surface area contributed by atoms with Gasteiger partial charge in [0.25, 0.3) is 0 Å². The molecular formula is C12H14O. The van der Waals surface area contributed by atoms with E-state index < -0.39 is 0 Å². The van der Waals surface area contributed by atoms with Crippen LogP contribution in [0.25, 0.3) is 0 Å². The van der Waals surface area contributed by atoms with Crippen LogP contribution >= 0.6 is 0 Å². The predicted molar refractivity (Wildman–Crippen MR) is 51.2 cm³/mol. The smallest absolute Gasteiger partial charge is 0.155 e. The van der Waals surface area contributed by atoms with Crippen molar-refractivity contribution in [2.45, 2.75) is 25.7 Å². The molecule has 1 fully saturated rings. The summed E-state index contributed by atoms with van der Waals surface area (Å²) in [5.41, 5.74) is 0.325. The average Bonchev–Trinajstić information content (AvgIpc) is 2.61. The van der Waals surface area contributed by atoms with Gasteiger partial charge in [0.1, 0.15) is 0 Å². The summed E-state index contributed by atoms with van der Waals surface area (Å²) < 4.78 is 0. The van der Waals surface area contributed by atoms with E-state index in [0.717, 1.165) is 12.8 Å². The van der Waals surface area contributed by atoms with Crippen molar-refractivity contribution in [3.8, 4) is 0 Å². The Labute approximate surface area is 78.5 Å². The zero-order valence-electron chi connectivity index (χ0n) is 7.70. The van der Waals surface area contributed by atoms with Crippen LogP contribution in [0, 0.1) is 17.3 Å². The van der Waals surface area contributed by atoms with Gasteiger partial charge in [0.2, 0.25) is 0 Å². The van der Waals surface area contributed by atoms with Crippen molar-refractivity contribution in [2.75, 3.05) is 0 Å². The molecule has 1 saturated carbocycles. The molecule has 0 aromatic heterocycles. The lowest BCUT2D eigenvalue weighted by Gasteiger charge is -2.35. The number of rotatable bonds is 0. The van der Waals surface area contributed by atoms with Crippen LogP contribution in [0.4, 0.5) is 0 Å². The van der Waals surface area contributed by atoms with E-state index in [1.54, 1.807) is 6.08 Å². The first-order valence-corrected chi connectivity index (χ1v) is 5.19. The van der Waals surface area contributed by atoms with Crippen LogP contribution in [-0.4, -0.2) is 5.78 Å². The van der Waals surface area contributed by atoms with Crippen molar-refractivity contribution in [1.29, 1.82) is 0 Å². The van der Waals surface area contributed by atoms with Gasteiger partial charge in [0.05, 0.1) is 0 Å². The number of carbonyl (C=O) groups is 1. The molecule has 1 nitrogen and oxygen atoms in total. The normalized spacial score (nSPS) is 46.6. The van der Waals surface area contributed by atoms with E-state index >= 15 is 0 Å². The minimum absolute atomic E-state index is 0.325. The van der Waals surface area contributed by atoms with Crippen molar-refractivity contribution in [3.63, 3.8) is 0 Å². The van der Waals surface area contributed by atoms with Gasteiger partial charge in [-0.3, -0.25) is 4.79 Å². The lowest BCUT2D eigenvalue weighted by atomic mass is 9.68. The van der Waals surface area contributed by atoms with Crippen LogP contribution in [0.2, 0.25) is 0 Å². The van der Waals surface area contributed by atoms with Crippen molar-refractivity contribution < 1.29 is 4.79 Å². The molecule has 3 aliphatic rings. The Morgan fingerprint density at radius 3 is 2.46 bits per heavy atom. The van der Waals surface area contributed by atoms with Crippen LogP contribution in [0.3, 0.4) is 0 Å². The topological polar surface area (TPSA) is 17.1 Å². The largest absolute Gasteiger partial charge is 0.295 e. The van der Waals surface area contributed by atoms with Gasteiger partial charge in [-0.05, 0) is 42.6 Å². The second-order valence-electron chi connectivity index (χ2n) is 4.66. The van der Waals surface area contributed by atoms with Crippen LogP contribution in [0.5, 0.6) is 0 Å². The maximum atomic E-state index is 11.4. The molecular weight excluding hydrogens is 160 g/mol. The van der Waals surface area contributed by atoms with Gasteiger partial charge < -0.3 is 0 Å². The third-order valence-corrected chi connectivity index (χ3v) is 4.15. The van der Waals surface area contributed by atoms with Crippen LogP contribution in [0.1, 0.15) is 25.7 Å². The minimum atomic E-state index is 0.325. The maximum absolute atomic E-state index is 11.4. The highest BCUT2D eigenvalue weighted by atomic mass is 16.1. The average molecular weight is 174 g/mol. The quantitative estimate of drug-likeness (QED) is 0.516. The van der Waals surface area contributed by atoms with Crippen LogP contribution in [-0.2, 0) is 4.79 Å². The molecule has 0 aromatic carbocycles. The summed E-state index contributed by atoms with van der Waals surface area (Å²) in [7, 11) is 0. The molecule has 0 N–H and O–H groups in total. The fourth-order valence-electron chi connectivity index (χ4n) is 3.48. The van der Waals surface area contributed by atoms with Gasteiger partial charge in [-0.25, -0.2) is 0 Å². The van der Waals surface area contributed by atoms with Gasteiger partial charge in [-0.15, -0.1) is 0 Å². The first-order valence-electron chi connectivity index (χ1n) is 5.19. The molecule has 2 atom stereocenters. The Kier molecular flexibility index (Phi) is 1.36. The molecule has 0 saturated heterocycles. The van der Waals surface area contributed by atoms with E-state index in [0.29, 0.717) is 23.0 Å². The minimum Gasteiger partial charge on any atom is -0.295 e. The molecule has 0 aromatic rings. The predicted octanol–water partition coefficient (Wildman–Crippen LogP) is 2.49. The second kappa shape index (κ2) is 2.34. The van der Waals surface area contributed by atoms with Gasteiger partial charge in [0, 0.05) is 6.42 Å². The Morgan fingerprint density at radius 1 is 1.23 bits per heavy atom. The maximum Gasteiger partial charge on any atom is 0.155 e. The zero-order valence-corrected chi connectivity index (χ0v) is 7.70. The van der Waals surface area contributed by atoms with E-state index in [1.165, 1.54) is 12.8 Å². The summed E-state index contributed by atoms with van der Waals surface area (Å²) in [6, 6.07) is 0. The zero-order chi connectivity index (χ0) is 8.89. The molecule has 1 heteroatoms. The number of hydrogen-bond acceptors (Lipinski definition) is 1. The van der Waals surface area contributed by atoms with E-state index in [2.05, 4.69) is 18.2 Å². The summed E-state index contributed by atoms with van der Waals surface area (Å²) in [6.07, 6.45) is 13.1. The third kappa shape index (κ3) is 0.849. The third-order valence-electron chi connectivity index (χ3n) is 4.15. The van der Waals surface area contributed by atoms with Crippen molar-refractivity contribution in [1.82, 2.24) is 0 Å². The standard InChI is InChI=1S/C12H14O/c13-11-2-1-7-12(8-11)9-3-4-10(12)6-5-9/h1-4,9-10H,5-8H2. The van der Waals surface area contributed by atoms with E-state index in [-0.39, 0.29) is 0 Å². The number of carbonyl (C=O) groups excluding carboxylic acids is 1. The molecule has 2 unspecified atom stereocenters. The lowest BCUT2D eigenvalue weighted by molar-refractivity contribution is -0.118. The monoisotopic (exact) mass is 174 g/mol. The highest BCUT2D eigenvalue weighted by Gasteiger charge is 2.51. The molecule has 0 amide bonds. The number of allylic oxidation sites excluding steroid dienone is 4. The van der Waals surface area contributed by atoms with Crippen molar-refractivity contribution in [3.05, 3.63) is 24.3 Å². The van der Waals surface area contributed by atoms with Gasteiger partial charge in [-0.2, -0.15) is 0 Å². The molecule has 0 aliphatic heterocycles. The summed E-state index contributed by atoms with van der Waals surface area (Å²) in [4.78, 5) is 11.4. The van der Waals surface area contributed by atoms with Crippen LogP contribution < -0.4 is 0 Å². The number of ketones is 1. The first-order chi connectivity index (χ1) is 6.31. The molecule has 68 valence electrons. The summed E-state index contributed by atoms with van der Waals surface area (Å²) in [5, 5.41) is 0. The Balaban J connectivity index is 1.99. The fraction of sp³-hybridized carbons (Fsp3) is 0.583. The van der Waals surface area contributed by atoms with Crippen molar-refractivity contribution >= 4 is 5.78 Å². The Bertz CT molecular complexity index is 297. The molecule has 3 aliphatic carbocycles. The second-order valence-corrected chi connectivity index (χ2v) is 4.66. The summed E-state index contributed by atoms with van der Waals surface area (Å²) in [6.45, 7) is 0. The number of hydrogen-bond donors (Lipinski definition) is 0. The van der Waals surface area contributed by atoms with Crippen LogP contribution in [0.15, 0.2) is 24.3 Å². The highest BCUT2D eigenvalue weighted by molar-refractivity contribution is 5.91. The van der Waals surface area contributed by atoms with E-state index in [9.17, 15) is 4.79 Å². The SMILES string of the molecule is O=C1C=CCC2(C1)C1C=CC2CC1. The molecule has 1 spiro atoms. The lowest BCUT2D eigenvalue weighted by Crippen LogP contribution is -2.31. The van der Waals surface area contributed by atoms with E-state index in [4.69, 9.17) is 0 Å². The van der Waals surface area contributed by atoms with Gasteiger partial charge >= 0.3 is 0 Å². The van der Waals surface area contributed by atoms with E-state index in [1.807, 2.05) is 0 Å². The summed E-state index contributed by atoms with van der Waals surface area (Å²) >= 11 is 0. The van der Waals surface area contributed by atoms with Gasteiger partial charge in [-0.1, -0.05) is 18.2 Å². The summed E-state index contributed by atoms with van der Waals surface area (Å²) in [5.74, 6) is 1.74. The highest BCUT2D eigenvalue weighted by Crippen LogP contribution is 2.59. The molecule has 3 rings (SSSR count). The van der Waals surface area contributed by atoms with Gasteiger partial charge in [0.15, 0.2) is 5.78 Å². The van der Waals surface area contributed by atoms with Crippen molar-refractivity contribution in [2.24, 2.45) is 17.3 Å². The fourth-order valence-corrected chi connectivity index (χ4v) is 3.48. The molecule has 0 radical (unpaired) electrons. The first kappa shape index (κ1) is 7.54. The Hall–Kier alpha value is -0.850. The Morgan fingerprint density at radius 2 is 1.92 bits per heavy atom.